The molecule has 0 unspecified atom stereocenters. The molecule has 29 heavy (non-hydrogen) atoms. The van der Waals surface area contributed by atoms with E-state index in [9.17, 15) is 9.59 Å². The molecule has 3 aromatic rings. The van der Waals surface area contributed by atoms with Crippen LogP contribution in [-0.4, -0.2) is 16.9 Å². The first-order valence-electron chi connectivity index (χ1n) is 9.00. The van der Waals surface area contributed by atoms with Crippen LogP contribution in [0, 0.1) is 0 Å². The molecule has 1 aliphatic rings. The smallest absolute Gasteiger partial charge is 0.285 e. The van der Waals surface area contributed by atoms with Gasteiger partial charge in [-0.2, -0.15) is 10.1 Å². The predicted octanol–water partition coefficient (Wildman–Crippen LogP) is 4.76. The molecule has 0 atom stereocenters. The highest BCUT2D eigenvalue weighted by molar-refractivity contribution is 8.19. The van der Waals surface area contributed by atoms with Gasteiger partial charge in [0.25, 0.3) is 11.8 Å². The number of carbonyl (C=O) groups is 2. The largest absolute Gasteiger partial charge is 0.320 e. The molecular weight excluding hydrogens is 382 g/mol. The number of nitrogens with zero attached hydrogens (tertiary/aromatic N) is 2. The van der Waals surface area contributed by atoms with Crippen LogP contribution < -0.4 is 10.3 Å². The lowest BCUT2D eigenvalue weighted by molar-refractivity contribution is -0.114. The van der Waals surface area contributed by atoms with E-state index in [1.807, 2.05) is 66.7 Å². The molecule has 3 aromatic carbocycles. The predicted molar refractivity (Wildman–Crippen MR) is 118 cm³/mol. The molecule has 0 saturated heterocycles. The zero-order valence-electron chi connectivity index (χ0n) is 15.4. The van der Waals surface area contributed by atoms with Crippen molar-refractivity contribution in [3.8, 4) is 0 Å². The summed E-state index contributed by atoms with van der Waals surface area (Å²) in [5, 5.41) is 8.62. The summed E-state index contributed by atoms with van der Waals surface area (Å²) in [5.41, 5.74) is 2.14. The Bertz CT molecular complexity index is 1080. The fourth-order valence-corrected chi connectivity index (χ4v) is 3.59. The number of hydrazone groups is 1. The van der Waals surface area contributed by atoms with Gasteiger partial charge in [0.1, 0.15) is 0 Å². The number of rotatable bonds is 4. The van der Waals surface area contributed by atoms with Crippen molar-refractivity contribution in [1.29, 1.82) is 0 Å². The van der Waals surface area contributed by atoms with Crippen molar-refractivity contribution < 1.29 is 9.59 Å². The molecule has 0 aromatic heterocycles. The van der Waals surface area contributed by atoms with Crippen LogP contribution >= 0.6 is 11.8 Å². The fourth-order valence-electron chi connectivity index (χ4n) is 2.74. The van der Waals surface area contributed by atoms with Gasteiger partial charge >= 0.3 is 0 Å². The van der Waals surface area contributed by atoms with Gasteiger partial charge in [-0.15, -0.1) is 0 Å². The first-order chi connectivity index (χ1) is 14.2. The number of amides is 2. The zero-order valence-corrected chi connectivity index (χ0v) is 16.2. The summed E-state index contributed by atoms with van der Waals surface area (Å²) in [6.45, 7) is 0. The average Bonchev–Trinajstić information content (AvgIpc) is 2.77. The SMILES string of the molecule is O=C(Nc1ccccc1)C1=NN(c2ccccc2)C(=O)C(=Cc2ccccc2)S1. The van der Waals surface area contributed by atoms with Gasteiger partial charge in [0, 0.05) is 5.69 Å². The summed E-state index contributed by atoms with van der Waals surface area (Å²) >= 11 is 1.07. The van der Waals surface area contributed by atoms with Crippen molar-refractivity contribution in [3.63, 3.8) is 0 Å². The zero-order chi connectivity index (χ0) is 20.1. The minimum Gasteiger partial charge on any atom is -0.320 e. The lowest BCUT2D eigenvalue weighted by atomic mass is 10.2. The standard InChI is InChI=1S/C23H17N3O2S/c27-21(24-18-12-6-2-7-13-18)22-25-26(19-14-8-3-9-15-19)23(28)20(29-22)16-17-10-4-1-5-11-17/h1-16H,(H,24,27). The van der Waals surface area contributed by atoms with Crippen molar-refractivity contribution in [2.45, 2.75) is 0 Å². The Hall–Kier alpha value is -3.64. The van der Waals surface area contributed by atoms with Gasteiger partial charge in [0.15, 0.2) is 5.04 Å². The quantitative estimate of drug-likeness (QED) is 0.644. The van der Waals surface area contributed by atoms with Crippen molar-refractivity contribution >= 4 is 46.1 Å². The fraction of sp³-hybridized carbons (Fsp3) is 0. The van der Waals surface area contributed by atoms with Crippen LogP contribution in [0.15, 0.2) is 101 Å². The van der Waals surface area contributed by atoms with Crippen LogP contribution in [0.3, 0.4) is 0 Å². The Morgan fingerprint density at radius 3 is 2.10 bits per heavy atom. The van der Waals surface area contributed by atoms with Crippen molar-refractivity contribution in [2.75, 3.05) is 10.3 Å². The van der Waals surface area contributed by atoms with E-state index in [0.29, 0.717) is 16.3 Å². The number of anilines is 2. The Labute approximate surface area is 172 Å². The topological polar surface area (TPSA) is 61.8 Å². The molecule has 5 nitrogen and oxygen atoms in total. The maximum Gasteiger partial charge on any atom is 0.285 e. The monoisotopic (exact) mass is 399 g/mol. The highest BCUT2D eigenvalue weighted by atomic mass is 32.2. The van der Waals surface area contributed by atoms with E-state index in [2.05, 4.69) is 10.4 Å². The minimum atomic E-state index is -0.367. The second kappa shape index (κ2) is 8.58. The molecule has 0 aliphatic carbocycles. The van der Waals surface area contributed by atoms with Crippen LogP contribution in [0.5, 0.6) is 0 Å². The van der Waals surface area contributed by atoms with E-state index in [1.165, 1.54) is 5.01 Å². The molecule has 0 radical (unpaired) electrons. The van der Waals surface area contributed by atoms with Crippen molar-refractivity contribution in [1.82, 2.24) is 0 Å². The highest BCUT2D eigenvalue weighted by Crippen LogP contribution is 2.31. The lowest BCUT2D eigenvalue weighted by Crippen LogP contribution is -2.35. The molecular formula is C23H17N3O2S. The van der Waals surface area contributed by atoms with E-state index in [-0.39, 0.29) is 16.9 Å². The second-order valence-electron chi connectivity index (χ2n) is 6.20. The Morgan fingerprint density at radius 2 is 1.45 bits per heavy atom. The minimum absolute atomic E-state index is 0.194. The van der Waals surface area contributed by atoms with E-state index in [4.69, 9.17) is 0 Å². The third kappa shape index (κ3) is 4.44. The summed E-state index contributed by atoms with van der Waals surface area (Å²) in [6, 6.07) is 27.7. The normalized spacial score (nSPS) is 15.2. The first kappa shape index (κ1) is 18.7. The van der Waals surface area contributed by atoms with Gasteiger partial charge in [-0.05, 0) is 35.9 Å². The molecule has 0 saturated carbocycles. The molecule has 2 amide bonds. The van der Waals surface area contributed by atoms with E-state index < -0.39 is 0 Å². The Kier molecular flexibility index (Phi) is 5.54. The summed E-state index contributed by atoms with van der Waals surface area (Å²) in [6.07, 6.45) is 1.77. The van der Waals surface area contributed by atoms with Gasteiger partial charge in [-0.1, -0.05) is 78.5 Å². The molecule has 0 fully saturated rings. The van der Waals surface area contributed by atoms with Crippen LogP contribution in [0.2, 0.25) is 0 Å². The van der Waals surface area contributed by atoms with Crippen molar-refractivity contribution in [3.05, 3.63) is 101 Å². The van der Waals surface area contributed by atoms with Gasteiger partial charge in [0.2, 0.25) is 0 Å². The highest BCUT2D eigenvalue weighted by Gasteiger charge is 2.31. The van der Waals surface area contributed by atoms with Crippen molar-refractivity contribution in [2.24, 2.45) is 5.10 Å². The summed E-state index contributed by atoms with van der Waals surface area (Å²) < 4.78 is 0. The third-order valence-corrected chi connectivity index (χ3v) is 5.10. The molecule has 1 aliphatic heterocycles. The number of carbonyl (C=O) groups excluding carboxylic acids is 2. The third-order valence-electron chi connectivity index (χ3n) is 4.12. The molecule has 142 valence electrons. The number of hydrogen-bond acceptors (Lipinski definition) is 4. The molecule has 6 heteroatoms. The Morgan fingerprint density at radius 1 is 0.862 bits per heavy atom. The first-order valence-corrected chi connectivity index (χ1v) is 9.81. The number of para-hydroxylation sites is 2. The Balaban J connectivity index is 1.70. The molecule has 1 N–H and O–H groups in total. The van der Waals surface area contributed by atoms with E-state index in [1.54, 1.807) is 30.3 Å². The van der Waals surface area contributed by atoms with Crippen LogP contribution in [0.25, 0.3) is 6.08 Å². The summed E-state index contributed by atoms with van der Waals surface area (Å²) in [5.74, 6) is -0.644. The van der Waals surface area contributed by atoms with Gasteiger partial charge in [-0.25, -0.2) is 0 Å². The molecule has 0 spiro atoms. The van der Waals surface area contributed by atoms with Crippen LogP contribution in [0.1, 0.15) is 5.56 Å². The average molecular weight is 399 g/mol. The van der Waals surface area contributed by atoms with Gasteiger partial charge in [0.05, 0.1) is 10.6 Å². The maximum atomic E-state index is 13.1. The molecule has 0 bridgehead atoms. The number of hydrogen-bond donors (Lipinski definition) is 1. The van der Waals surface area contributed by atoms with Crippen LogP contribution in [0.4, 0.5) is 11.4 Å². The van der Waals surface area contributed by atoms with Gasteiger partial charge in [-0.3, -0.25) is 9.59 Å². The maximum absolute atomic E-state index is 13.1. The summed E-state index contributed by atoms with van der Waals surface area (Å²) in [7, 11) is 0. The van der Waals surface area contributed by atoms with E-state index >= 15 is 0 Å². The van der Waals surface area contributed by atoms with E-state index in [0.717, 1.165) is 17.3 Å². The number of thioether (sulfide) groups is 1. The van der Waals surface area contributed by atoms with Gasteiger partial charge < -0.3 is 5.32 Å². The molecule has 4 rings (SSSR count). The number of benzene rings is 3. The molecule has 1 heterocycles. The lowest BCUT2D eigenvalue weighted by Gasteiger charge is -2.24. The summed E-state index contributed by atoms with van der Waals surface area (Å²) in [4.78, 5) is 26.3. The van der Waals surface area contributed by atoms with Crippen LogP contribution in [-0.2, 0) is 9.59 Å². The number of nitrogens with one attached hydrogen (secondary N) is 1. The second-order valence-corrected chi connectivity index (χ2v) is 7.23.